The van der Waals surface area contributed by atoms with Crippen molar-refractivity contribution in [2.45, 2.75) is 129 Å². The molecule has 3 nitrogen and oxygen atoms in total. The molecule has 0 saturated carbocycles. The topological polar surface area (TPSA) is 35.5 Å². The molecule has 0 aromatic rings. The summed E-state index contributed by atoms with van der Waals surface area (Å²) in [4.78, 5) is 21.0. The number of unbranched alkanes of at least 4 members (excludes halogenated alkanes) is 15. The van der Waals surface area contributed by atoms with E-state index in [-0.39, 0.29) is 27.7 Å². The minimum Gasteiger partial charge on any atom is -0.298 e. The molecule has 0 amide bonds. The molecule has 0 aliphatic heterocycles. The Balaban J connectivity index is 0. The Hall–Kier alpha value is 0.144. The zero-order chi connectivity index (χ0) is 18.4. The number of carbonyl (C=O) groups excluding carboxylic acids is 1. The third kappa shape index (κ3) is 24.1. The van der Waals surface area contributed by atoms with Crippen molar-refractivity contribution in [3.63, 3.8) is 0 Å². The van der Waals surface area contributed by atoms with Crippen molar-refractivity contribution in [2.75, 3.05) is 6.61 Å². The van der Waals surface area contributed by atoms with Crippen LogP contribution in [0.2, 0.25) is 0 Å². The van der Waals surface area contributed by atoms with Gasteiger partial charge in [0, 0.05) is 28.1 Å². The van der Waals surface area contributed by atoms with E-state index in [0.717, 1.165) is 25.7 Å². The van der Waals surface area contributed by atoms with Crippen LogP contribution >= 0.6 is 0 Å². The van der Waals surface area contributed by atoms with Crippen LogP contribution in [-0.2, 0) is 36.3 Å². The molecule has 0 bridgehead atoms. The molecule has 0 aliphatic rings. The molecule has 0 atom stereocenters. The van der Waals surface area contributed by atoms with Crippen molar-refractivity contribution >= 4 is 5.97 Å². The summed E-state index contributed by atoms with van der Waals surface area (Å²) in [5, 5.41) is 0. The summed E-state index contributed by atoms with van der Waals surface area (Å²) in [6, 6.07) is 0. The molecule has 4 heteroatoms. The minimum atomic E-state index is -0.217. The first-order valence-corrected chi connectivity index (χ1v) is 11.1. The van der Waals surface area contributed by atoms with E-state index in [1.54, 1.807) is 0 Å². The first kappa shape index (κ1) is 28.4. The number of carbonyl (C=O) groups is 1. The van der Waals surface area contributed by atoms with E-state index in [4.69, 9.17) is 9.78 Å². The van der Waals surface area contributed by atoms with Crippen molar-refractivity contribution in [3.05, 3.63) is 0 Å². The van der Waals surface area contributed by atoms with Crippen LogP contribution in [0.1, 0.15) is 129 Å². The van der Waals surface area contributed by atoms with Gasteiger partial charge >= 0.3 is 5.97 Å². The maximum atomic E-state index is 11.4. The zero-order valence-electron chi connectivity index (χ0n) is 17.7. The average molecular weight is 404 g/mol. The van der Waals surface area contributed by atoms with Crippen LogP contribution in [0.15, 0.2) is 0 Å². The maximum absolute atomic E-state index is 11.4. The second kappa shape index (κ2) is 25.1. The number of hydrogen-bond acceptors (Lipinski definition) is 3. The summed E-state index contributed by atoms with van der Waals surface area (Å²) >= 11 is 0. The fourth-order valence-electron chi connectivity index (χ4n) is 2.99. The van der Waals surface area contributed by atoms with Gasteiger partial charge in [0.2, 0.25) is 0 Å². The second-order valence-electron chi connectivity index (χ2n) is 7.33. The average Bonchev–Trinajstić information content (AvgIpc) is 2.62. The van der Waals surface area contributed by atoms with E-state index in [2.05, 4.69) is 13.8 Å². The number of hydrogen-bond donors (Lipinski definition) is 0. The van der Waals surface area contributed by atoms with E-state index in [0.29, 0.717) is 13.0 Å². The Bertz CT molecular complexity index is 272. The van der Waals surface area contributed by atoms with Gasteiger partial charge < -0.3 is 0 Å². The van der Waals surface area contributed by atoms with Gasteiger partial charge in [-0.1, -0.05) is 110 Å². The van der Waals surface area contributed by atoms with Gasteiger partial charge in [0.25, 0.3) is 0 Å². The largest absolute Gasteiger partial charge is 0.342 e. The predicted octanol–water partition coefficient (Wildman–Crippen LogP) is 7.52. The summed E-state index contributed by atoms with van der Waals surface area (Å²) < 4.78 is 0. The van der Waals surface area contributed by atoms with E-state index >= 15 is 0 Å². The van der Waals surface area contributed by atoms with E-state index in [9.17, 15) is 4.79 Å². The maximum Gasteiger partial charge on any atom is 0.342 e. The standard InChI is InChI=1S/C22H44O3.Ti/c1-3-5-7-8-9-10-11-12-13-14-15-16-17-18-19-20-22(23)25-24-21-6-4-2;/h3-21H2,1-2H3;. The third-order valence-corrected chi connectivity index (χ3v) is 4.72. The van der Waals surface area contributed by atoms with Gasteiger partial charge in [-0.2, -0.15) is 4.89 Å². The molecule has 0 aliphatic carbocycles. The van der Waals surface area contributed by atoms with Gasteiger partial charge in [0.05, 0.1) is 6.61 Å². The van der Waals surface area contributed by atoms with Gasteiger partial charge in [-0.25, -0.2) is 4.79 Å². The van der Waals surface area contributed by atoms with Crippen molar-refractivity contribution in [3.8, 4) is 0 Å². The summed E-state index contributed by atoms with van der Waals surface area (Å²) in [6.45, 7) is 4.88. The Labute approximate surface area is 178 Å². The van der Waals surface area contributed by atoms with Crippen molar-refractivity contribution in [1.29, 1.82) is 0 Å². The Morgan fingerprint density at radius 2 is 0.962 bits per heavy atom. The van der Waals surface area contributed by atoms with Gasteiger partial charge in [-0.05, 0) is 12.8 Å². The first-order chi connectivity index (χ1) is 12.3. The summed E-state index contributed by atoms with van der Waals surface area (Å²) in [7, 11) is 0. The fourth-order valence-corrected chi connectivity index (χ4v) is 2.99. The zero-order valence-corrected chi connectivity index (χ0v) is 19.2. The van der Waals surface area contributed by atoms with Crippen LogP contribution in [0, 0.1) is 0 Å². The summed E-state index contributed by atoms with van der Waals surface area (Å²) in [5.41, 5.74) is 0. The SMILES string of the molecule is CCCCCCCCCCCCCCCCCC(=O)OOCCCC.[Ti]. The quantitative estimate of drug-likeness (QED) is 0.0911. The fraction of sp³-hybridized carbons (Fsp3) is 0.955. The molecule has 0 radical (unpaired) electrons. The van der Waals surface area contributed by atoms with Gasteiger partial charge in [-0.3, -0.25) is 4.89 Å². The van der Waals surface area contributed by atoms with E-state index < -0.39 is 0 Å². The monoisotopic (exact) mass is 404 g/mol. The molecule has 0 rings (SSSR count). The minimum absolute atomic E-state index is 0. The van der Waals surface area contributed by atoms with Crippen molar-refractivity contribution in [2.24, 2.45) is 0 Å². The Kier molecular flexibility index (Phi) is 27.4. The van der Waals surface area contributed by atoms with Gasteiger partial charge in [0.15, 0.2) is 0 Å². The van der Waals surface area contributed by atoms with Crippen LogP contribution in [0.3, 0.4) is 0 Å². The van der Waals surface area contributed by atoms with Crippen molar-refractivity contribution < 1.29 is 36.3 Å². The molecule has 0 fully saturated rings. The molecule has 154 valence electrons. The van der Waals surface area contributed by atoms with E-state index in [1.807, 2.05) is 0 Å². The van der Waals surface area contributed by atoms with Crippen LogP contribution in [-0.4, -0.2) is 12.6 Å². The first-order valence-electron chi connectivity index (χ1n) is 11.1. The number of rotatable bonds is 20. The van der Waals surface area contributed by atoms with Crippen LogP contribution < -0.4 is 0 Å². The van der Waals surface area contributed by atoms with Gasteiger partial charge in [0.1, 0.15) is 0 Å². The second-order valence-corrected chi connectivity index (χ2v) is 7.33. The smallest absolute Gasteiger partial charge is 0.298 e. The molecule has 0 N–H and O–H groups in total. The van der Waals surface area contributed by atoms with Crippen molar-refractivity contribution in [1.82, 2.24) is 0 Å². The molecule has 0 saturated heterocycles. The molecular weight excluding hydrogens is 360 g/mol. The molecule has 0 aromatic carbocycles. The molecular formula is C22H44O3Ti. The summed E-state index contributed by atoms with van der Waals surface area (Å²) in [6.07, 6.45) is 22.5. The Morgan fingerprint density at radius 3 is 1.38 bits per heavy atom. The molecule has 26 heavy (non-hydrogen) atoms. The molecule has 0 heterocycles. The van der Waals surface area contributed by atoms with Crippen LogP contribution in [0.4, 0.5) is 0 Å². The molecule has 0 aromatic heterocycles. The van der Waals surface area contributed by atoms with E-state index in [1.165, 1.54) is 83.5 Å². The third-order valence-electron chi connectivity index (χ3n) is 4.72. The van der Waals surface area contributed by atoms with Crippen LogP contribution in [0.25, 0.3) is 0 Å². The summed E-state index contributed by atoms with van der Waals surface area (Å²) in [5.74, 6) is -0.217. The normalized spacial score (nSPS) is 10.5. The molecule has 0 unspecified atom stereocenters. The predicted molar refractivity (Wildman–Crippen MR) is 106 cm³/mol. The molecule has 0 spiro atoms. The Morgan fingerprint density at radius 1 is 0.577 bits per heavy atom. The van der Waals surface area contributed by atoms with Gasteiger partial charge in [-0.15, -0.1) is 0 Å². The van der Waals surface area contributed by atoms with Crippen LogP contribution in [0.5, 0.6) is 0 Å².